The molecule has 0 unspecified atom stereocenters. The summed E-state index contributed by atoms with van der Waals surface area (Å²) in [6.45, 7) is 6.89. The fourth-order valence-corrected chi connectivity index (χ4v) is 2.11. The minimum Gasteiger partial charge on any atom is -0.494 e. The van der Waals surface area contributed by atoms with Crippen molar-refractivity contribution in [2.75, 3.05) is 6.61 Å². The van der Waals surface area contributed by atoms with Crippen LogP contribution in [-0.2, 0) is 6.61 Å². The highest BCUT2D eigenvalue weighted by molar-refractivity contribution is 5.94. The summed E-state index contributed by atoms with van der Waals surface area (Å²) < 4.78 is 11.2. The van der Waals surface area contributed by atoms with Crippen molar-refractivity contribution < 1.29 is 14.3 Å². The minimum atomic E-state index is -0.0667. The van der Waals surface area contributed by atoms with Gasteiger partial charge < -0.3 is 14.8 Å². The first-order chi connectivity index (χ1) is 11.1. The normalized spacial score (nSPS) is 10.4. The molecule has 0 aliphatic carbocycles. The van der Waals surface area contributed by atoms with Gasteiger partial charge in [-0.2, -0.15) is 0 Å². The van der Waals surface area contributed by atoms with Gasteiger partial charge in [0.15, 0.2) is 0 Å². The van der Waals surface area contributed by atoms with Crippen molar-refractivity contribution in [3.8, 4) is 11.5 Å². The average Bonchev–Trinajstić information content (AvgIpc) is 2.54. The molecule has 2 aromatic carbocycles. The lowest BCUT2D eigenvalue weighted by atomic mass is 10.1. The molecule has 0 atom stereocenters. The molecule has 0 aliphatic rings. The highest BCUT2D eigenvalue weighted by atomic mass is 16.5. The number of amides is 1. The van der Waals surface area contributed by atoms with Crippen LogP contribution in [0, 0.1) is 0 Å². The van der Waals surface area contributed by atoms with Crippen molar-refractivity contribution in [3.63, 3.8) is 0 Å². The third-order valence-corrected chi connectivity index (χ3v) is 3.15. The molecule has 0 bridgehead atoms. The number of carbonyl (C=O) groups is 1. The summed E-state index contributed by atoms with van der Waals surface area (Å²) in [5.74, 6) is 1.53. The highest BCUT2D eigenvalue weighted by Gasteiger charge is 2.07. The van der Waals surface area contributed by atoms with Crippen LogP contribution in [0.15, 0.2) is 48.5 Å². The van der Waals surface area contributed by atoms with Crippen molar-refractivity contribution in [2.24, 2.45) is 0 Å². The molecule has 4 heteroatoms. The summed E-state index contributed by atoms with van der Waals surface area (Å²) in [4.78, 5) is 12.0. The van der Waals surface area contributed by atoms with E-state index in [1.54, 1.807) is 6.07 Å². The van der Waals surface area contributed by atoms with Gasteiger partial charge in [-0.3, -0.25) is 4.79 Å². The van der Waals surface area contributed by atoms with E-state index in [0.717, 1.165) is 17.1 Å². The predicted molar refractivity (Wildman–Crippen MR) is 91.0 cm³/mol. The maximum atomic E-state index is 12.0. The maximum Gasteiger partial charge on any atom is 0.251 e. The Balaban J connectivity index is 1.96. The van der Waals surface area contributed by atoms with Crippen LogP contribution in [0.25, 0.3) is 0 Å². The van der Waals surface area contributed by atoms with Gasteiger partial charge in [-0.1, -0.05) is 12.1 Å². The van der Waals surface area contributed by atoms with E-state index in [0.29, 0.717) is 18.8 Å². The first-order valence-corrected chi connectivity index (χ1v) is 7.84. The molecule has 0 spiro atoms. The van der Waals surface area contributed by atoms with Crippen LogP contribution in [0.2, 0.25) is 0 Å². The molecule has 0 radical (unpaired) electrons. The second-order valence-electron chi connectivity index (χ2n) is 5.52. The lowest BCUT2D eigenvalue weighted by Crippen LogP contribution is -2.30. The number of benzene rings is 2. The quantitative estimate of drug-likeness (QED) is 0.845. The van der Waals surface area contributed by atoms with E-state index < -0.39 is 0 Å². The van der Waals surface area contributed by atoms with Crippen LogP contribution in [0.1, 0.15) is 36.7 Å². The van der Waals surface area contributed by atoms with Gasteiger partial charge in [-0.25, -0.2) is 0 Å². The smallest absolute Gasteiger partial charge is 0.251 e. The van der Waals surface area contributed by atoms with E-state index >= 15 is 0 Å². The molecule has 1 amide bonds. The van der Waals surface area contributed by atoms with Gasteiger partial charge in [0.05, 0.1) is 6.61 Å². The summed E-state index contributed by atoms with van der Waals surface area (Å²) in [5, 5.41) is 2.88. The van der Waals surface area contributed by atoms with Gasteiger partial charge in [0.25, 0.3) is 5.91 Å². The SMILES string of the molecule is CCOc1ccc(OCc2cccc(C(=O)NC(C)C)c2)cc1. The van der Waals surface area contributed by atoms with E-state index in [4.69, 9.17) is 9.47 Å². The first-order valence-electron chi connectivity index (χ1n) is 7.84. The Morgan fingerprint density at radius 2 is 1.70 bits per heavy atom. The monoisotopic (exact) mass is 313 g/mol. The Hall–Kier alpha value is -2.49. The van der Waals surface area contributed by atoms with Crippen molar-refractivity contribution in [3.05, 3.63) is 59.7 Å². The van der Waals surface area contributed by atoms with Crippen molar-refractivity contribution in [1.82, 2.24) is 5.32 Å². The fourth-order valence-electron chi connectivity index (χ4n) is 2.11. The van der Waals surface area contributed by atoms with Crippen LogP contribution < -0.4 is 14.8 Å². The van der Waals surface area contributed by atoms with Crippen molar-refractivity contribution in [1.29, 1.82) is 0 Å². The van der Waals surface area contributed by atoms with E-state index in [1.807, 2.05) is 63.2 Å². The van der Waals surface area contributed by atoms with E-state index in [9.17, 15) is 4.79 Å². The lowest BCUT2D eigenvalue weighted by Gasteiger charge is -2.10. The summed E-state index contributed by atoms with van der Waals surface area (Å²) >= 11 is 0. The number of carbonyl (C=O) groups excluding carboxylic acids is 1. The van der Waals surface area contributed by atoms with Gasteiger partial charge in [0.1, 0.15) is 18.1 Å². The molecule has 0 aromatic heterocycles. The van der Waals surface area contributed by atoms with Crippen LogP contribution in [-0.4, -0.2) is 18.6 Å². The zero-order valence-corrected chi connectivity index (χ0v) is 13.8. The van der Waals surface area contributed by atoms with Crippen LogP contribution in [0.4, 0.5) is 0 Å². The lowest BCUT2D eigenvalue weighted by molar-refractivity contribution is 0.0943. The summed E-state index contributed by atoms with van der Waals surface area (Å²) in [6, 6.07) is 15.1. The highest BCUT2D eigenvalue weighted by Crippen LogP contribution is 2.19. The van der Waals surface area contributed by atoms with Crippen LogP contribution in [0.5, 0.6) is 11.5 Å². The number of hydrogen-bond acceptors (Lipinski definition) is 3. The molecule has 23 heavy (non-hydrogen) atoms. The van der Waals surface area contributed by atoms with Gasteiger partial charge in [0, 0.05) is 11.6 Å². The molecule has 0 heterocycles. The Morgan fingerprint density at radius 3 is 2.30 bits per heavy atom. The fraction of sp³-hybridized carbons (Fsp3) is 0.316. The number of nitrogens with one attached hydrogen (secondary N) is 1. The van der Waals surface area contributed by atoms with Crippen molar-refractivity contribution >= 4 is 5.91 Å². The zero-order valence-electron chi connectivity index (χ0n) is 13.8. The summed E-state index contributed by atoms with van der Waals surface area (Å²) in [5.41, 5.74) is 1.60. The maximum absolute atomic E-state index is 12.0. The first kappa shape index (κ1) is 16.9. The number of rotatable bonds is 7. The third-order valence-electron chi connectivity index (χ3n) is 3.15. The van der Waals surface area contributed by atoms with Gasteiger partial charge in [-0.15, -0.1) is 0 Å². The van der Waals surface area contributed by atoms with Gasteiger partial charge >= 0.3 is 0 Å². The topological polar surface area (TPSA) is 47.6 Å². The summed E-state index contributed by atoms with van der Waals surface area (Å²) in [7, 11) is 0. The molecule has 0 saturated carbocycles. The molecule has 2 rings (SSSR count). The van der Waals surface area contributed by atoms with E-state index in [-0.39, 0.29) is 11.9 Å². The molecule has 122 valence electrons. The van der Waals surface area contributed by atoms with Gasteiger partial charge in [-0.05, 0) is 62.7 Å². The molecule has 1 N–H and O–H groups in total. The Bertz CT molecular complexity index is 635. The molecule has 0 saturated heterocycles. The number of hydrogen-bond donors (Lipinski definition) is 1. The molecule has 2 aromatic rings. The Labute approximate surface area is 137 Å². The summed E-state index contributed by atoms with van der Waals surface area (Å²) in [6.07, 6.45) is 0. The standard InChI is InChI=1S/C19H23NO3/c1-4-22-17-8-10-18(11-9-17)23-13-15-6-5-7-16(12-15)19(21)20-14(2)3/h5-12,14H,4,13H2,1-3H3,(H,20,21). The third kappa shape index (κ3) is 5.33. The van der Waals surface area contributed by atoms with Crippen LogP contribution in [0.3, 0.4) is 0 Å². The second kappa shape index (κ2) is 8.22. The van der Waals surface area contributed by atoms with E-state index in [1.165, 1.54) is 0 Å². The molecular formula is C19H23NO3. The Morgan fingerprint density at radius 1 is 1.04 bits per heavy atom. The molecule has 4 nitrogen and oxygen atoms in total. The second-order valence-corrected chi connectivity index (χ2v) is 5.52. The largest absolute Gasteiger partial charge is 0.494 e. The average molecular weight is 313 g/mol. The minimum absolute atomic E-state index is 0.0667. The zero-order chi connectivity index (χ0) is 16.7. The van der Waals surface area contributed by atoms with Gasteiger partial charge in [0.2, 0.25) is 0 Å². The van der Waals surface area contributed by atoms with E-state index in [2.05, 4.69) is 5.32 Å². The molecular weight excluding hydrogens is 290 g/mol. The number of ether oxygens (including phenoxy) is 2. The molecule has 0 aliphatic heterocycles. The van der Waals surface area contributed by atoms with Crippen LogP contribution >= 0.6 is 0 Å². The Kier molecular flexibility index (Phi) is 6.03. The van der Waals surface area contributed by atoms with Crippen molar-refractivity contribution in [2.45, 2.75) is 33.4 Å². The molecule has 0 fully saturated rings. The predicted octanol–water partition coefficient (Wildman–Crippen LogP) is 3.80.